The Labute approximate surface area is 150 Å². The third kappa shape index (κ3) is 4.09. The van der Waals surface area contributed by atoms with E-state index < -0.39 is 0 Å². The van der Waals surface area contributed by atoms with E-state index >= 15 is 0 Å². The number of aromatic nitrogens is 3. The first kappa shape index (κ1) is 17.2. The number of rotatable bonds is 6. The summed E-state index contributed by atoms with van der Waals surface area (Å²) in [6, 6.07) is 11.0. The van der Waals surface area contributed by atoms with E-state index in [1.165, 1.54) is 0 Å². The van der Waals surface area contributed by atoms with Crippen LogP contribution in [0.5, 0.6) is 0 Å². The average Bonchev–Trinajstić information content (AvgIpc) is 3.24. The van der Waals surface area contributed by atoms with Crippen LogP contribution in [0.15, 0.2) is 47.1 Å². The molecule has 0 aliphatic carbocycles. The second-order valence-corrected chi connectivity index (χ2v) is 6.26. The Hall–Kier alpha value is -2.60. The molecule has 0 saturated carbocycles. The van der Waals surface area contributed by atoms with Crippen molar-refractivity contribution in [2.75, 3.05) is 0 Å². The first-order chi connectivity index (χ1) is 12.1. The summed E-state index contributed by atoms with van der Waals surface area (Å²) in [6.07, 6.45) is 2.70. The van der Waals surface area contributed by atoms with Crippen molar-refractivity contribution in [1.29, 1.82) is 0 Å². The van der Waals surface area contributed by atoms with Gasteiger partial charge in [0.25, 0.3) is 5.89 Å². The molecular formula is C18H19ClN4O2. The van der Waals surface area contributed by atoms with Gasteiger partial charge in [-0.25, -0.2) is 0 Å². The van der Waals surface area contributed by atoms with Gasteiger partial charge in [-0.1, -0.05) is 23.7 Å². The van der Waals surface area contributed by atoms with Crippen LogP contribution >= 0.6 is 11.6 Å². The molecule has 2 aromatic heterocycles. The standard InChI is InChI=1S/C18H19ClN4O2/c1-3-12(2)20-16(24)11-23-10-4-5-15(23)18-21-17(22-25-18)13-6-8-14(19)9-7-13/h4-10,12H,3,11H2,1-2H3,(H,20,24). The number of hydrogen-bond donors (Lipinski definition) is 1. The molecule has 130 valence electrons. The van der Waals surface area contributed by atoms with Crippen molar-refractivity contribution in [1.82, 2.24) is 20.0 Å². The van der Waals surface area contributed by atoms with E-state index in [1.54, 1.807) is 16.7 Å². The first-order valence-corrected chi connectivity index (χ1v) is 8.49. The van der Waals surface area contributed by atoms with Crippen LogP contribution < -0.4 is 5.32 Å². The highest BCUT2D eigenvalue weighted by molar-refractivity contribution is 6.30. The predicted molar refractivity (Wildman–Crippen MR) is 96.1 cm³/mol. The predicted octanol–water partition coefficient (Wildman–Crippen LogP) is 3.77. The molecule has 0 aliphatic heterocycles. The monoisotopic (exact) mass is 358 g/mol. The number of nitrogens with zero attached hydrogens (tertiary/aromatic N) is 3. The van der Waals surface area contributed by atoms with Crippen LogP contribution in [0.3, 0.4) is 0 Å². The summed E-state index contributed by atoms with van der Waals surface area (Å²) < 4.78 is 7.16. The van der Waals surface area contributed by atoms with Crippen LogP contribution in [-0.2, 0) is 11.3 Å². The Morgan fingerprint density at radius 3 is 2.80 bits per heavy atom. The zero-order valence-electron chi connectivity index (χ0n) is 14.1. The summed E-state index contributed by atoms with van der Waals surface area (Å²) >= 11 is 5.90. The van der Waals surface area contributed by atoms with E-state index in [1.807, 2.05) is 44.3 Å². The Balaban J connectivity index is 1.78. The zero-order chi connectivity index (χ0) is 17.8. The molecule has 1 N–H and O–H groups in total. The molecule has 25 heavy (non-hydrogen) atoms. The lowest BCUT2D eigenvalue weighted by Gasteiger charge is -2.12. The maximum absolute atomic E-state index is 12.1. The van der Waals surface area contributed by atoms with Crippen molar-refractivity contribution in [3.05, 3.63) is 47.6 Å². The summed E-state index contributed by atoms with van der Waals surface area (Å²) in [7, 11) is 0. The highest BCUT2D eigenvalue weighted by atomic mass is 35.5. The molecule has 1 atom stereocenters. The van der Waals surface area contributed by atoms with Gasteiger partial charge in [0.1, 0.15) is 12.2 Å². The van der Waals surface area contributed by atoms with Crippen LogP contribution in [0.4, 0.5) is 0 Å². The lowest BCUT2D eigenvalue weighted by Crippen LogP contribution is -2.34. The molecular weight excluding hydrogens is 340 g/mol. The maximum Gasteiger partial charge on any atom is 0.274 e. The second-order valence-electron chi connectivity index (χ2n) is 5.83. The Bertz CT molecular complexity index is 854. The Morgan fingerprint density at radius 2 is 2.08 bits per heavy atom. The second kappa shape index (κ2) is 7.53. The number of nitrogens with one attached hydrogen (secondary N) is 1. The maximum atomic E-state index is 12.1. The lowest BCUT2D eigenvalue weighted by molar-refractivity contribution is -0.122. The molecule has 0 fully saturated rings. The SMILES string of the molecule is CCC(C)NC(=O)Cn1cccc1-c1nc(-c2ccc(Cl)cc2)no1. The topological polar surface area (TPSA) is 73.0 Å². The molecule has 0 aliphatic rings. The van der Waals surface area contributed by atoms with Crippen molar-refractivity contribution in [2.24, 2.45) is 0 Å². The third-order valence-corrected chi connectivity index (χ3v) is 4.16. The van der Waals surface area contributed by atoms with Gasteiger partial charge >= 0.3 is 0 Å². The number of hydrogen-bond acceptors (Lipinski definition) is 4. The minimum atomic E-state index is -0.0516. The highest BCUT2D eigenvalue weighted by Gasteiger charge is 2.16. The number of amides is 1. The molecule has 3 rings (SSSR count). The largest absolute Gasteiger partial charge is 0.352 e. The van der Waals surface area contributed by atoms with Crippen LogP contribution in [0.2, 0.25) is 5.02 Å². The quantitative estimate of drug-likeness (QED) is 0.727. The van der Waals surface area contributed by atoms with Crippen molar-refractivity contribution in [3.63, 3.8) is 0 Å². The van der Waals surface area contributed by atoms with Gasteiger partial charge in [0.15, 0.2) is 0 Å². The summed E-state index contributed by atoms with van der Waals surface area (Å²) in [5.41, 5.74) is 1.51. The fourth-order valence-electron chi connectivity index (χ4n) is 2.37. The highest BCUT2D eigenvalue weighted by Crippen LogP contribution is 2.23. The number of carbonyl (C=O) groups is 1. The van der Waals surface area contributed by atoms with Gasteiger partial charge in [0.05, 0.1) is 0 Å². The molecule has 1 unspecified atom stereocenters. The van der Waals surface area contributed by atoms with Crippen molar-refractivity contribution in [2.45, 2.75) is 32.9 Å². The molecule has 6 nitrogen and oxygen atoms in total. The summed E-state index contributed by atoms with van der Waals surface area (Å²) in [5, 5.41) is 7.60. The van der Waals surface area contributed by atoms with Gasteiger partial charge in [-0.15, -0.1) is 0 Å². The van der Waals surface area contributed by atoms with Gasteiger partial charge in [-0.3, -0.25) is 4.79 Å². The molecule has 1 amide bonds. The van der Waals surface area contributed by atoms with Crippen LogP contribution in [-0.4, -0.2) is 26.7 Å². The minimum absolute atomic E-state index is 0.0516. The smallest absolute Gasteiger partial charge is 0.274 e. The molecule has 7 heteroatoms. The van der Waals surface area contributed by atoms with Crippen molar-refractivity contribution >= 4 is 17.5 Å². The lowest BCUT2D eigenvalue weighted by atomic mass is 10.2. The van der Waals surface area contributed by atoms with Gasteiger partial charge in [0.2, 0.25) is 11.7 Å². The molecule has 0 radical (unpaired) electrons. The fourth-order valence-corrected chi connectivity index (χ4v) is 2.49. The number of halogens is 1. The summed E-state index contributed by atoms with van der Waals surface area (Å²) in [6.45, 7) is 4.21. The molecule has 2 heterocycles. The number of carbonyl (C=O) groups excluding carboxylic acids is 1. The van der Waals surface area contributed by atoms with Gasteiger partial charge in [0, 0.05) is 22.8 Å². The van der Waals surface area contributed by atoms with Crippen LogP contribution in [0.1, 0.15) is 20.3 Å². The fraction of sp³-hybridized carbons (Fsp3) is 0.278. The van der Waals surface area contributed by atoms with E-state index in [4.69, 9.17) is 16.1 Å². The van der Waals surface area contributed by atoms with Crippen molar-refractivity contribution < 1.29 is 9.32 Å². The van der Waals surface area contributed by atoms with E-state index in [-0.39, 0.29) is 18.5 Å². The Morgan fingerprint density at radius 1 is 1.32 bits per heavy atom. The van der Waals surface area contributed by atoms with Gasteiger partial charge in [-0.2, -0.15) is 4.98 Å². The zero-order valence-corrected chi connectivity index (χ0v) is 14.8. The molecule has 3 aromatic rings. The van der Waals surface area contributed by atoms with E-state index in [0.717, 1.165) is 12.0 Å². The van der Waals surface area contributed by atoms with E-state index in [2.05, 4.69) is 15.5 Å². The van der Waals surface area contributed by atoms with Crippen LogP contribution in [0.25, 0.3) is 23.0 Å². The normalized spacial score (nSPS) is 12.1. The van der Waals surface area contributed by atoms with Gasteiger partial charge in [-0.05, 0) is 49.7 Å². The average molecular weight is 359 g/mol. The van der Waals surface area contributed by atoms with Gasteiger partial charge < -0.3 is 14.4 Å². The third-order valence-electron chi connectivity index (χ3n) is 3.91. The molecule has 0 spiro atoms. The molecule has 0 bridgehead atoms. The number of benzene rings is 1. The summed E-state index contributed by atoms with van der Waals surface area (Å²) in [4.78, 5) is 16.5. The minimum Gasteiger partial charge on any atom is -0.352 e. The van der Waals surface area contributed by atoms with E-state index in [9.17, 15) is 4.79 Å². The Kier molecular flexibility index (Phi) is 5.19. The van der Waals surface area contributed by atoms with Crippen LogP contribution in [0, 0.1) is 0 Å². The van der Waals surface area contributed by atoms with Crippen molar-refractivity contribution in [3.8, 4) is 23.0 Å². The molecule has 1 aromatic carbocycles. The summed E-state index contributed by atoms with van der Waals surface area (Å²) in [5.74, 6) is 0.791. The molecule has 0 saturated heterocycles. The van der Waals surface area contributed by atoms with E-state index in [0.29, 0.717) is 22.4 Å². The first-order valence-electron chi connectivity index (χ1n) is 8.11.